The molecule has 1 atom stereocenters. The van der Waals surface area contributed by atoms with E-state index in [2.05, 4.69) is 5.32 Å². The summed E-state index contributed by atoms with van der Waals surface area (Å²) in [6.07, 6.45) is 0.160. The van der Waals surface area contributed by atoms with Gasteiger partial charge in [-0.05, 0) is 12.1 Å². The van der Waals surface area contributed by atoms with Gasteiger partial charge in [0.1, 0.15) is 11.5 Å². The van der Waals surface area contributed by atoms with E-state index in [1.54, 1.807) is 0 Å². The van der Waals surface area contributed by atoms with Crippen molar-refractivity contribution in [2.24, 2.45) is 0 Å². The summed E-state index contributed by atoms with van der Waals surface area (Å²) in [7, 11) is 0. The number of carboxylic acids is 1. The summed E-state index contributed by atoms with van der Waals surface area (Å²) in [6.45, 7) is 0.126. The Balaban J connectivity index is 2.22. The normalized spacial score (nSPS) is 22.1. The number of benzene rings is 1. The minimum Gasteiger partial charge on any atom is -0.508 e. The molecule has 0 aromatic heterocycles. The average molecular weight is 267 g/mol. The van der Waals surface area contributed by atoms with Crippen LogP contribution in [0.4, 0.5) is 0 Å². The third-order valence-electron chi connectivity index (χ3n) is 3.01. The molecule has 0 spiro atoms. The Morgan fingerprint density at radius 1 is 1.32 bits per heavy atom. The van der Waals surface area contributed by atoms with Crippen LogP contribution >= 0.6 is 0 Å². The molecule has 19 heavy (non-hydrogen) atoms. The highest BCUT2D eigenvalue weighted by Crippen LogP contribution is 2.25. The number of amides is 1. The van der Waals surface area contributed by atoms with E-state index in [1.807, 2.05) is 0 Å². The highest BCUT2D eigenvalue weighted by atomic mass is 16.5. The van der Waals surface area contributed by atoms with E-state index in [4.69, 9.17) is 9.84 Å². The number of ether oxygens (including phenoxy) is 1. The Morgan fingerprint density at radius 3 is 2.58 bits per heavy atom. The van der Waals surface area contributed by atoms with Crippen LogP contribution in [-0.2, 0) is 9.53 Å². The molecule has 0 saturated carbocycles. The van der Waals surface area contributed by atoms with Gasteiger partial charge in [-0.3, -0.25) is 4.79 Å². The van der Waals surface area contributed by atoms with Crippen LogP contribution in [0.15, 0.2) is 18.2 Å². The van der Waals surface area contributed by atoms with Gasteiger partial charge < -0.3 is 25.4 Å². The standard InChI is InChI=1S/C12H13NO6/c14-7-1-2-8(9(15)5-7)10(16)13-12(11(17)18)3-4-19-6-12/h1-2,5,14-15H,3-4,6H2,(H,13,16)(H,17,18). The van der Waals surface area contributed by atoms with Gasteiger partial charge in [0.15, 0.2) is 5.54 Å². The molecule has 1 fully saturated rings. The fraction of sp³-hybridized carbons (Fsp3) is 0.333. The molecule has 1 aromatic rings. The first kappa shape index (κ1) is 13.2. The molecule has 1 unspecified atom stereocenters. The summed E-state index contributed by atoms with van der Waals surface area (Å²) < 4.78 is 5.01. The molecule has 1 saturated heterocycles. The van der Waals surface area contributed by atoms with Crippen LogP contribution in [0.5, 0.6) is 11.5 Å². The Bertz CT molecular complexity index is 521. The highest BCUT2D eigenvalue weighted by Gasteiger charge is 2.44. The average Bonchev–Trinajstić information content (AvgIpc) is 2.78. The topological polar surface area (TPSA) is 116 Å². The van der Waals surface area contributed by atoms with E-state index in [1.165, 1.54) is 12.1 Å². The van der Waals surface area contributed by atoms with E-state index < -0.39 is 23.2 Å². The summed E-state index contributed by atoms with van der Waals surface area (Å²) in [5.41, 5.74) is -1.58. The molecule has 1 amide bonds. The molecule has 1 heterocycles. The first-order chi connectivity index (χ1) is 8.94. The molecule has 7 nitrogen and oxygen atoms in total. The zero-order valence-corrected chi connectivity index (χ0v) is 9.92. The summed E-state index contributed by atoms with van der Waals surface area (Å²) in [5.74, 6) is -2.52. The number of aliphatic carboxylic acids is 1. The van der Waals surface area contributed by atoms with Crippen molar-refractivity contribution in [3.63, 3.8) is 0 Å². The largest absolute Gasteiger partial charge is 0.508 e. The van der Waals surface area contributed by atoms with Crippen molar-refractivity contribution in [2.75, 3.05) is 13.2 Å². The lowest BCUT2D eigenvalue weighted by Crippen LogP contribution is -2.55. The third kappa shape index (κ3) is 2.45. The first-order valence-corrected chi connectivity index (χ1v) is 5.60. The monoisotopic (exact) mass is 267 g/mol. The number of phenolic OH excluding ortho intramolecular Hbond substituents is 2. The van der Waals surface area contributed by atoms with Crippen molar-refractivity contribution < 1.29 is 29.6 Å². The SMILES string of the molecule is O=C(NC1(C(=O)O)CCOC1)c1ccc(O)cc1O. The molecule has 1 aromatic carbocycles. The second-order valence-electron chi connectivity index (χ2n) is 4.35. The molecule has 0 aliphatic carbocycles. The fourth-order valence-corrected chi connectivity index (χ4v) is 1.88. The van der Waals surface area contributed by atoms with Crippen molar-refractivity contribution in [2.45, 2.75) is 12.0 Å². The second-order valence-corrected chi connectivity index (χ2v) is 4.35. The lowest BCUT2D eigenvalue weighted by Gasteiger charge is -2.23. The number of nitrogens with one attached hydrogen (secondary N) is 1. The van der Waals surface area contributed by atoms with Gasteiger partial charge in [0.05, 0.1) is 12.2 Å². The number of hydrogen-bond donors (Lipinski definition) is 4. The second kappa shape index (κ2) is 4.77. The van der Waals surface area contributed by atoms with E-state index in [0.29, 0.717) is 0 Å². The smallest absolute Gasteiger partial charge is 0.331 e. The molecule has 0 radical (unpaired) electrons. The van der Waals surface area contributed by atoms with E-state index in [-0.39, 0.29) is 30.9 Å². The number of carbonyl (C=O) groups is 2. The van der Waals surface area contributed by atoms with Crippen molar-refractivity contribution >= 4 is 11.9 Å². The van der Waals surface area contributed by atoms with E-state index in [0.717, 1.165) is 6.07 Å². The fourth-order valence-electron chi connectivity index (χ4n) is 1.88. The van der Waals surface area contributed by atoms with Gasteiger partial charge in [0, 0.05) is 19.1 Å². The quantitative estimate of drug-likeness (QED) is 0.616. The van der Waals surface area contributed by atoms with Crippen LogP contribution in [0.1, 0.15) is 16.8 Å². The Kier molecular flexibility index (Phi) is 3.30. The first-order valence-electron chi connectivity index (χ1n) is 5.60. The van der Waals surface area contributed by atoms with Crippen LogP contribution in [0, 0.1) is 0 Å². The molecular formula is C12H13NO6. The van der Waals surface area contributed by atoms with Crippen LogP contribution < -0.4 is 5.32 Å². The van der Waals surface area contributed by atoms with Gasteiger partial charge in [0.25, 0.3) is 5.91 Å². The van der Waals surface area contributed by atoms with Gasteiger partial charge in [0.2, 0.25) is 0 Å². The maximum absolute atomic E-state index is 12.0. The van der Waals surface area contributed by atoms with E-state index in [9.17, 15) is 19.8 Å². The third-order valence-corrected chi connectivity index (χ3v) is 3.01. The predicted molar refractivity (Wildman–Crippen MR) is 63.0 cm³/mol. The number of phenols is 2. The lowest BCUT2D eigenvalue weighted by atomic mass is 9.98. The van der Waals surface area contributed by atoms with Crippen LogP contribution in [-0.4, -0.2) is 45.9 Å². The summed E-state index contributed by atoms with van der Waals surface area (Å²) >= 11 is 0. The Labute approximate surface area is 108 Å². The summed E-state index contributed by atoms with van der Waals surface area (Å²) in [6, 6.07) is 3.45. The highest BCUT2D eigenvalue weighted by molar-refractivity contribution is 6.00. The molecule has 2 rings (SSSR count). The summed E-state index contributed by atoms with van der Waals surface area (Å²) in [4.78, 5) is 23.2. The minimum atomic E-state index is -1.47. The van der Waals surface area contributed by atoms with Crippen LogP contribution in [0.25, 0.3) is 0 Å². The molecular weight excluding hydrogens is 254 g/mol. The van der Waals surface area contributed by atoms with Gasteiger partial charge in [-0.1, -0.05) is 0 Å². The van der Waals surface area contributed by atoms with Crippen LogP contribution in [0.3, 0.4) is 0 Å². The van der Waals surface area contributed by atoms with E-state index >= 15 is 0 Å². The van der Waals surface area contributed by atoms with Crippen molar-refractivity contribution in [1.82, 2.24) is 5.32 Å². The van der Waals surface area contributed by atoms with Gasteiger partial charge in [-0.15, -0.1) is 0 Å². The number of rotatable bonds is 3. The van der Waals surface area contributed by atoms with Crippen molar-refractivity contribution in [3.05, 3.63) is 23.8 Å². The predicted octanol–water partition coefficient (Wildman–Crippen LogP) is 0.0713. The van der Waals surface area contributed by atoms with Crippen molar-refractivity contribution in [3.8, 4) is 11.5 Å². The maximum Gasteiger partial charge on any atom is 0.331 e. The Hall–Kier alpha value is -2.28. The van der Waals surface area contributed by atoms with Gasteiger partial charge >= 0.3 is 5.97 Å². The van der Waals surface area contributed by atoms with Crippen molar-refractivity contribution in [1.29, 1.82) is 0 Å². The number of aromatic hydroxyl groups is 2. The minimum absolute atomic E-state index is 0.106. The molecule has 1 aliphatic rings. The zero-order valence-electron chi connectivity index (χ0n) is 9.92. The van der Waals surface area contributed by atoms with Crippen LogP contribution in [0.2, 0.25) is 0 Å². The molecule has 4 N–H and O–H groups in total. The molecule has 0 bridgehead atoms. The lowest BCUT2D eigenvalue weighted by molar-refractivity contribution is -0.144. The Morgan fingerprint density at radius 2 is 2.05 bits per heavy atom. The number of carbonyl (C=O) groups excluding carboxylic acids is 1. The van der Waals surface area contributed by atoms with Gasteiger partial charge in [-0.25, -0.2) is 4.79 Å². The zero-order chi connectivity index (χ0) is 14.0. The number of carboxylic acid groups (broad SMARTS) is 1. The van der Waals surface area contributed by atoms with Gasteiger partial charge in [-0.2, -0.15) is 0 Å². The number of hydrogen-bond acceptors (Lipinski definition) is 5. The maximum atomic E-state index is 12.0. The molecule has 7 heteroatoms. The molecule has 102 valence electrons. The summed E-state index contributed by atoms with van der Waals surface area (Å²) in [5, 5.41) is 30.2. The molecule has 1 aliphatic heterocycles.